The number of halogens is 4. The molecule has 2 aromatic carbocycles. The van der Waals surface area contributed by atoms with Crippen molar-refractivity contribution in [3.05, 3.63) is 63.6 Å². The number of aliphatic hydroxyl groups excluding tert-OH is 1. The van der Waals surface area contributed by atoms with E-state index in [0.29, 0.717) is 51.3 Å². The van der Waals surface area contributed by atoms with Crippen molar-refractivity contribution in [2.75, 3.05) is 43.1 Å². The van der Waals surface area contributed by atoms with E-state index in [1.54, 1.807) is 6.92 Å². The summed E-state index contributed by atoms with van der Waals surface area (Å²) in [5.74, 6) is 0.102. The highest BCUT2D eigenvalue weighted by Gasteiger charge is 2.39. The molecule has 1 fully saturated rings. The number of aromatic nitrogens is 4. The van der Waals surface area contributed by atoms with Gasteiger partial charge in [-0.25, -0.2) is 4.79 Å². The number of rotatable bonds is 10. The zero-order chi connectivity index (χ0) is 32.1. The van der Waals surface area contributed by atoms with Gasteiger partial charge in [-0.3, -0.25) is 9.80 Å². The minimum atomic E-state index is -4.57. The third kappa shape index (κ3) is 7.94. The average molecular weight is 697 g/mol. The minimum absolute atomic E-state index is 0.0540. The number of carbonyl (C=O) groups is 1. The summed E-state index contributed by atoms with van der Waals surface area (Å²) in [5.41, 5.74) is 0.845. The van der Waals surface area contributed by atoms with E-state index >= 15 is 0 Å². The van der Waals surface area contributed by atoms with Gasteiger partial charge in [0.05, 0.1) is 49.8 Å². The number of tetrazole rings is 1. The maximum absolute atomic E-state index is 13.7. The summed E-state index contributed by atoms with van der Waals surface area (Å²) in [7, 11) is 0. The fourth-order valence-corrected chi connectivity index (χ4v) is 6.45. The second-order valence-electron chi connectivity index (χ2n) is 11.1. The molecule has 244 valence electrons. The lowest BCUT2D eigenvalue weighted by atomic mass is 9.89. The molecule has 0 spiro atoms. The summed E-state index contributed by atoms with van der Waals surface area (Å²) in [4.78, 5) is 17.8. The molecule has 4 atom stereocenters. The molecular weight excluding hydrogens is 659 g/mol. The summed E-state index contributed by atoms with van der Waals surface area (Å²) in [6.45, 7) is 6.27. The van der Waals surface area contributed by atoms with Gasteiger partial charge in [-0.15, -0.1) is 5.10 Å². The predicted octanol–water partition coefficient (Wildman–Crippen LogP) is 5.06. The van der Waals surface area contributed by atoms with Crippen molar-refractivity contribution in [1.29, 1.82) is 0 Å². The summed E-state index contributed by atoms with van der Waals surface area (Å²) in [6, 6.07) is 10.0. The number of alkyl halides is 3. The van der Waals surface area contributed by atoms with Gasteiger partial charge in [-0.05, 0) is 72.9 Å². The van der Waals surface area contributed by atoms with Gasteiger partial charge in [-0.1, -0.05) is 40.1 Å². The smallest absolute Gasteiger partial charge is 0.416 e. The molecule has 15 heteroatoms. The molecule has 45 heavy (non-hydrogen) atoms. The molecule has 5 rings (SSSR count). The highest BCUT2D eigenvalue weighted by Crippen LogP contribution is 2.43. The normalized spacial score (nSPS) is 20.4. The maximum Gasteiger partial charge on any atom is 0.416 e. The van der Waals surface area contributed by atoms with E-state index in [9.17, 15) is 23.1 Å². The van der Waals surface area contributed by atoms with Gasteiger partial charge in [0, 0.05) is 29.6 Å². The second kappa shape index (κ2) is 14.4. The first-order valence-corrected chi connectivity index (χ1v) is 15.8. The molecule has 2 unspecified atom stereocenters. The Morgan fingerprint density at radius 2 is 1.98 bits per heavy atom. The number of amides is 1. The van der Waals surface area contributed by atoms with Crippen LogP contribution in [0.5, 0.6) is 0 Å². The molecule has 2 N–H and O–H groups in total. The Hall–Kier alpha value is -3.27. The van der Waals surface area contributed by atoms with Crippen molar-refractivity contribution >= 4 is 33.7 Å². The molecular formula is C30H37BrF3N7O4. The minimum Gasteiger partial charge on any atom is -0.449 e. The molecule has 0 aliphatic carbocycles. The fraction of sp³-hybridized carbons (Fsp3) is 0.533. The van der Waals surface area contributed by atoms with Gasteiger partial charge in [0.1, 0.15) is 0 Å². The predicted molar refractivity (Wildman–Crippen MR) is 164 cm³/mol. The Morgan fingerprint density at radius 3 is 2.67 bits per heavy atom. The number of benzene rings is 2. The molecule has 1 saturated heterocycles. The summed E-state index contributed by atoms with van der Waals surface area (Å²) >= 11 is 3.51. The molecule has 11 nitrogen and oxygen atoms in total. The first-order valence-electron chi connectivity index (χ1n) is 15.0. The number of hydrogen-bond donors (Lipinski definition) is 2. The first kappa shape index (κ1) is 33.1. The van der Waals surface area contributed by atoms with E-state index in [1.807, 2.05) is 31.2 Å². The molecule has 0 bridgehead atoms. The van der Waals surface area contributed by atoms with Crippen molar-refractivity contribution < 1.29 is 32.5 Å². The third-order valence-corrected chi connectivity index (χ3v) is 8.69. The van der Waals surface area contributed by atoms with E-state index in [2.05, 4.69) is 41.6 Å². The van der Waals surface area contributed by atoms with Crippen LogP contribution in [-0.2, 0) is 28.6 Å². The van der Waals surface area contributed by atoms with E-state index in [1.165, 1.54) is 15.8 Å². The average Bonchev–Trinajstić information content (AvgIpc) is 3.45. The molecule has 0 saturated carbocycles. The van der Waals surface area contributed by atoms with Crippen LogP contribution in [0.25, 0.3) is 0 Å². The number of ether oxygens (including phenoxy) is 2. The molecule has 1 aromatic heterocycles. The SMILES string of the molecule is CCOC(=O)N1c2ccc(C(F)(F)F)cc2[C@@H](Nc2nnn(CC(O)C(Cc3cccc(Br)c3)N3CCOCC3)n2)C[C@H]1CC. The van der Waals surface area contributed by atoms with Crippen LogP contribution in [0.1, 0.15) is 49.4 Å². The lowest BCUT2D eigenvalue weighted by Gasteiger charge is -2.40. The van der Waals surface area contributed by atoms with E-state index in [-0.39, 0.29) is 36.7 Å². The van der Waals surface area contributed by atoms with Gasteiger partial charge in [0.25, 0.3) is 5.95 Å². The van der Waals surface area contributed by atoms with Crippen LogP contribution in [0.3, 0.4) is 0 Å². The van der Waals surface area contributed by atoms with Crippen molar-refractivity contribution in [2.45, 2.75) is 70.1 Å². The van der Waals surface area contributed by atoms with Crippen LogP contribution >= 0.6 is 15.9 Å². The topological polar surface area (TPSA) is 118 Å². The van der Waals surface area contributed by atoms with Crippen LogP contribution < -0.4 is 10.2 Å². The zero-order valence-corrected chi connectivity index (χ0v) is 26.7. The molecule has 2 aliphatic rings. The molecule has 3 aromatic rings. The Labute approximate surface area is 267 Å². The number of nitrogens with one attached hydrogen (secondary N) is 1. The van der Waals surface area contributed by atoms with Crippen LogP contribution in [0, 0.1) is 0 Å². The number of anilines is 2. The Kier molecular flexibility index (Phi) is 10.6. The summed E-state index contributed by atoms with van der Waals surface area (Å²) in [6.07, 6.45) is -4.59. The Bertz CT molecular complexity index is 1450. The summed E-state index contributed by atoms with van der Waals surface area (Å²) in [5, 5.41) is 27.2. The number of carbonyl (C=O) groups excluding carboxylic acids is 1. The van der Waals surface area contributed by atoms with Crippen LogP contribution in [0.15, 0.2) is 46.9 Å². The van der Waals surface area contributed by atoms with Crippen LogP contribution in [-0.4, -0.2) is 87.4 Å². The van der Waals surface area contributed by atoms with E-state index in [0.717, 1.165) is 22.2 Å². The Morgan fingerprint density at radius 1 is 1.20 bits per heavy atom. The number of nitrogens with zero attached hydrogens (tertiary/aromatic N) is 6. The fourth-order valence-electron chi connectivity index (χ4n) is 6.00. The third-order valence-electron chi connectivity index (χ3n) is 8.20. The van der Waals surface area contributed by atoms with Gasteiger partial charge in [0.15, 0.2) is 0 Å². The number of hydrogen-bond acceptors (Lipinski definition) is 9. The lowest BCUT2D eigenvalue weighted by molar-refractivity contribution is -0.137. The quantitative estimate of drug-likeness (QED) is 0.300. The van der Waals surface area contributed by atoms with Crippen molar-refractivity contribution in [1.82, 2.24) is 25.1 Å². The van der Waals surface area contributed by atoms with E-state index < -0.39 is 30.0 Å². The van der Waals surface area contributed by atoms with Crippen molar-refractivity contribution in [2.24, 2.45) is 0 Å². The van der Waals surface area contributed by atoms with E-state index in [4.69, 9.17) is 9.47 Å². The standard InChI is InChI=1S/C30H37BrF3N7O4/c1-3-22-17-24(23-16-20(30(32,33)34)8-9-25(23)41(22)29(43)45-4-2)35-28-36-38-40(37-28)18-27(42)26(39-10-12-44-13-11-39)15-19-6-5-7-21(31)14-19/h5-9,14,16,22,24,26-27,42H,3-4,10-13,15,17-18H2,1-2H3,(H,35,37)/t22-,24+,26?,27?/m1/s1. The number of fused-ring (bicyclic) bond motifs is 1. The van der Waals surface area contributed by atoms with Crippen LogP contribution in [0.2, 0.25) is 0 Å². The zero-order valence-electron chi connectivity index (χ0n) is 25.1. The second-order valence-corrected chi connectivity index (χ2v) is 12.0. The first-order chi connectivity index (χ1) is 21.6. The largest absolute Gasteiger partial charge is 0.449 e. The van der Waals surface area contributed by atoms with Gasteiger partial charge < -0.3 is 19.9 Å². The summed E-state index contributed by atoms with van der Waals surface area (Å²) < 4.78 is 52.8. The maximum atomic E-state index is 13.7. The van der Waals surface area contributed by atoms with Gasteiger partial charge in [-0.2, -0.15) is 18.0 Å². The molecule has 1 amide bonds. The lowest BCUT2D eigenvalue weighted by Crippen LogP contribution is -2.51. The molecule has 3 heterocycles. The molecule has 2 aliphatic heterocycles. The highest BCUT2D eigenvalue weighted by molar-refractivity contribution is 9.10. The van der Waals surface area contributed by atoms with Crippen LogP contribution in [0.4, 0.5) is 29.6 Å². The van der Waals surface area contributed by atoms with Crippen molar-refractivity contribution in [3.8, 4) is 0 Å². The monoisotopic (exact) mass is 695 g/mol. The number of aliphatic hydroxyl groups is 1. The molecule has 0 radical (unpaired) electrons. The highest BCUT2D eigenvalue weighted by atomic mass is 79.9. The van der Waals surface area contributed by atoms with Gasteiger partial charge in [0.2, 0.25) is 0 Å². The Balaban J connectivity index is 1.36. The van der Waals surface area contributed by atoms with Gasteiger partial charge >= 0.3 is 12.3 Å². The number of morpholine rings is 1. The van der Waals surface area contributed by atoms with Crippen molar-refractivity contribution in [3.63, 3.8) is 0 Å².